The van der Waals surface area contributed by atoms with Gasteiger partial charge < -0.3 is 19.5 Å². The van der Waals surface area contributed by atoms with Crippen LogP contribution in [-0.4, -0.2) is 20.4 Å². The Morgan fingerprint density at radius 2 is 2.33 bits per heavy atom. The van der Waals surface area contributed by atoms with Gasteiger partial charge in [0.2, 0.25) is 12.5 Å². The molecule has 0 unspecified atom stereocenters. The SMILES string of the molecule is COc1c2c(cc3c1OCO3)NCCC2. The van der Waals surface area contributed by atoms with Gasteiger partial charge in [0, 0.05) is 23.9 Å². The Morgan fingerprint density at radius 3 is 3.20 bits per heavy atom. The molecule has 0 saturated carbocycles. The molecule has 0 radical (unpaired) electrons. The van der Waals surface area contributed by atoms with Gasteiger partial charge in [-0.05, 0) is 12.8 Å². The van der Waals surface area contributed by atoms with E-state index in [1.54, 1.807) is 7.11 Å². The van der Waals surface area contributed by atoms with E-state index in [0.29, 0.717) is 0 Å². The molecule has 0 bridgehead atoms. The highest BCUT2D eigenvalue weighted by molar-refractivity contribution is 5.70. The molecular weight excluding hydrogens is 194 g/mol. The van der Waals surface area contributed by atoms with E-state index in [0.717, 1.165) is 42.3 Å². The quantitative estimate of drug-likeness (QED) is 0.762. The van der Waals surface area contributed by atoms with Crippen LogP contribution >= 0.6 is 0 Å². The molecule has 4 nitrogen and oxygen atoms in total. The van der Waals surface area contributed by atoms with E-state index in [9.17, 15) is 0 Å². The minimum absolute atomic E-state index is 0.286. The highest BCUT2D eigenvalue weighted by Crippen LogP contribution is 2.47. The number of nitrogens with one attached hydrogen (secondary N) is 1. The third-order valence-corrected chi connectivity index (χ3v) is 2.85. The maximum Gasteiger partial charge on any atom is 0.231 e. The molecule has 0 spiro atoms. The first-order valence-corrected chi connectivity index (χ1v) is 5.13. The number of methoxy groups -OCH3 is 1. The van der Waals surface area contributed by atoms with Crippen molar-refractivity contribution in [1.29, 1.82) is 0 Å². The summed E-state index contributed by atoms with van der Waals surface area (Å²) < 4.78 is 16.2. The Morgan fingerprint density at radius 1 is 1.40 bits per heavy atom. The second-order valence-electron chi connectivity index (χ2n) is 3.70. The normalized spacial score (nSPS) is 16.9. The Kier molecular flexibility index (Phi) is 1.87. The fraction of sp³-hybridized carbons (Fsp3) is 0.455. The summed E-state index contributed by atoms with van der Waals surface area (Å²) in [6, 6.07) is 2.00. The molecule has 0 aromatic heterocycles. The van der Waals surface area contributed by atoms with Gasteiger partial charge >= 0.3 is 0 Å². The van der Waals surface area contributed by atoms with Crippen LogP contribution in [0.15, 0.2) is 6.07 Å². The van der Waals surface area contributed by atoms with E-state index in [2.05, 4.69) is 5.32 Å². The van der Waals surface area contributed by atoms with Gasteiger partial charge in [-0.1, -0.05) is 0 Å². The Hall–Kier alpha value is -1.58. The molecule has 0 atom stereocenters. The summed E-state index contributed by atoms with van der Waals surface area (Å²) in [5.74, 6) is 2.35. The van der Waals surface area contributed by atoms with E-state index in [-0.39, 0.29) is 6.79 Å². The van der Waals surface area contributed by atoms with Crippen LogP contribution < -0.4 is 19.5 Å². The van der Waals surface area contributed by atoms with E-state index in [1.165, 1.54) is 5.56 Å². The van der Waals surface area contributed by atoms with Crippen molar-refractivity contribution in [2.24, 2.45) is 0 Å². The molecule has 1 aromatic rings. The van der Waals surface area contributed by atoms with E-state index in [1.807, 2.05) is 6.07 Å². The Balaban J connectivity index is 2.19. The molecule has 2 heterocycles. The van der Waals surface area contributed by atoms with Crippen LogP contribution in [0.4, 0.5) is 5.69 Å². The molecular formula is C11H13NO3. The van der Waals surface area contributed by atoms with Crippen LogP contribution in [0.1, 0.15) is 12.0 Å². The lowest BCUT2D eigenvalue weighted by Gasteiger charge is -2.21. The summed E-state index contributed by atoms with van der Waals surface area (Å²) in [7, 11) is 1.67. The van der Waals surface area contributed by atoms with Crippen molar-refractivity contribution >= 4 is 5.69 Å². The molecule has 80 valence electrons. The number of ether oxygens (including phenoxy) is 3. The van der Waals surface area contributed by atoms with E-state index >= 15 is 0 Å². The molecule has 1 aromatic carbocycles. The van der Waals surface area contributed by atoms with Crippen LogP contribution in [0, 0.1) is 0 Å². The average Bonchev–Trinajstić information content (AvgIpc) is 2.73. The summed E-state index contributed by atoms with van der Waals surface area (Å²) in [5.41, 5.74) is 2.32. The first kappa shape index (κ1) is 8.71. The third-order valence-electron chi connectivity index (χ3n) is 2.85. The number of benzene rings is 1. The fourth-order valence-electron chi connectivity index (χ4n) is 2.16. The van der Waals surface area contributed by atoms with E-state index in [4.69, 9.17) is 14.2 Å². The number of hydrogen-bond acceptors (Lipinski definition) is 4. The van der Waals surface area contributed by atoms with Gasteiger partial charge in [0.05, 0.1) is 7.11 Å². The van der Waals surface area contributed by atoms with Crippen molar-refractivity contribution in [3.63, 3.8) is 0 Å². The van der Waals surface area contributed by atoms with Gasteiger partial charge in [0.15, 0.2) is 11.5 Å². The second kappa shape index (κ2) is 3.22. The van der Waals surface area contributed by atoms with E-state index < -0.39 is 0 Å². The number of hydrogen-bond donors (Lipinski definition) is 1. The number of fused-ring (bicyclic) bond motifs is 2. The molecule has 15 heavy (non-hydrogen) atoms. The summed E-state index contributed by atoms with van der Waals surface area (Å²) in [4.78, 5) is 0. The molecule has 2 aliphatic rings. The standard InChI is InChI=1S/C11H13NO3/c1-13-10-7-3-2-4-12-8(7)5-9-11(10)15-6-14-9/h5,12H,2-4,6H2,1H3. The molecule has 3 rings (SSSR count). The number of anilines is 1. The topological polar surface area (TPSA) is 39.7 Å². The molecule has 0 saturated heterocycles. The highest BCUT2D eigenvalue weighted by atomic mass is 16.7. The third kappa shape index (κ3) is 1.21. The van der Waals surface area contributed by atoms with Gasteiger partial charge in [-0.3, -0.25) is 0 Å². The Labute approximate surface area is 88.1 Å². The lowest BCUT2D eigenvalue weighted by molar-refractivity contribution is 0.171. The van der Waals surface area contributed by atoms with Crippen LogP contribution in [0.3, 0.4) is 0 Å². The molecule has 1 N–H and O–H groups in total. The molecule has 0 aliphatic carbocycles. The summed E-state index contributed by atoms with van der Waals surface area (Å²) in [6.45, 7) is 1.30. The Bertz CT molecular complexity index is 403. The zero-order chi connectivity index (χ0) is 10.3. The monoisotopic (exact) mass is 207 g/mol. The average molecular weight is 207 g/mol. The maximum atomic E-state index is 5.41. The molecule has 2 aliphatic heterocycles. The van der Waals surface area contributed by atoms with Crippen molar-refractivity contribution < 1.29 is 14.2 Å². The predicted octanol–water partition coefficient (Wildman–Crippen LogP) is 1.78. The zero-order valence-corrected chi connectivity index (χ0v) is 8.63. The summed E-state index contributed by atoms with van der Waals surface area (Å²) in [6.07, 6.45) is 2.16. The van der Waals surface area contributed by atoms with Gasteiger partial charge in [-0.25, -0.2) is 0 Å². The van der Waals surface area contributed by atoms with Crippen LogP contribution in [0.2, 0.25) is 0 Å². The predicted molar refractivity (Wildman–Crippen MR) is 55.9 cm³/mol. The second-order valence-corrected chi connectivity index (χ2v) is 3.70. The lowest BCUT2D eigenvalue weighted by Crippen LogP contribution is -2.12. The first-order valence-electron chi connectivity index (χ1n) is 5.13. The van der Waals surface area contributed by atoms with Gasteiger partial charge in [0.1, 0.15) is 0 Å². The minimum atomic E-state index is 0.286. The van der Waals surface area contributed by atoms with Gasteiger partial charge in [-0.2, -0.15) is 0 Å². The van der Waals surface area contributed by atoms with Crippen molar-refractivity contribution in [3.8, 4) is 17.2 Å². The summed E-state index contributed by atoms with van der Waals surface area (Å²) >= 11 is 0. The highest BCUT2D eigenvalue weighted by Gasteiger charge is 2.26. The summed E-state index contributed by atoms with van der Waals surface area (Å²) in [5, 5.41) is 3.35. The van der Waals surface area contributed by atoms with Crippen molar-refractivity contribution in [3.05, 3.63) is 11.6 Å². The molecule has 0 amide bonds. The van der Waals surface area contributed by atoms with Crippen LogP contribution in [0.5, 0.6) is 17.2 Å². The minimum Gasteiger partial charge on any atom is -0.492 e. The van der Waals surface area contributed by atoms with Gasteiger partial charge in [-0.15, -0.1) is 0 Å². The maximum absolute atomic E-state index is 5.41. The van der Waals surface area contributed by atoms with Crippen molar-refractivity contribution in [2.75, 3.05) is 25.8 Å². The zero-order valence-electron chi connectivity index (χ0n) is 8.63. The smallest absolute Gasteiger partial charge is 0.231 e. The van der Waals surface area contributed by atoms with Gasteiger partial charge in [0.25, 0.3) is 0 Å². The first-order chi connectivity index (χ1) is 7.40. The molecule has 0 fully saturated rings. The lowest BCUT2D eigenvalue weighted by atomic mass is 10.0. The van der Waals surface area contributed by atoms with Crippen LogP contribution in [-0.2, 0) is 6.42 Å². The van der Waals surface area contributed by atoms with Crippen LogP contribution in [0.25, 0.3) is 0 Å². The van der Waals surface area contributed by atoms with Crippen molar-refractivity contribution in [1.82, 2.24) is 0 Å². The molecule has 4 heteroatoms. The fourth-order valence-corrected chi connectivity index (χ4v) is 2.16. The number of rotatable bonds is 1. The largest absolute Gasteiger partial charge is 0.492 e. The van der Waals surface area contributed by atoms with Crippen molar-refractivity contribution in [2.45, 2.75) is 12.8 Å².